The number of aliphatic hydroxyl groups excluding tert-OH is 1. The Kier molecular flexibility index (Phi) is 4.42. The number of rotatable bonds is 5. The SMILES string of the molecule is COc1cncc([C@H](Nc2nnc(C)c3ccccc23)C2CC(O)C2)c1. The smallest absolute Gasteiger partial charge is 0.157 e. The average Bonchev–Trinajstić information content (AvgIpc) is 2.66. The van der Waals surface area contributed by atoms with Gasteiger partial charge < -0.3 is 15.2 Å². The lowest BCUT2D eigenvalue weighted by atomic mass is 9.75. The summed E-state index contributed by atoms with van der Waals surface area (Å²) >= 11 is 0. The summed E-state index contributed by atoms with van der Waals surface area (Å²) in [5.74, 6) is 1.77. The Balaban J connectivity index is 1.73. The fraction of sp³-hybridized carbons (Fsp3) is 0.350. The minimum atomic E-state index is -0.233. The van der Waals surface area contributed by atoms with E-state index in [1.165, 1.54) is 0 Å². The Morgan fingerprint density at radius 2 is 1.92 bits per heavy atom. The van der Waals surface area contributed by atoms with Crippen LogP contribution in [0.3, 0.4) is 0 Å². The van der Waals surface area contributed by atoms with Gasteiger partial charge in [-0.15, -0.1) is 5.10 Å². The number of hydrogen-bond donors (Lipinski definition) is 2. The van der Waals surface area contributed by atoms with Gasteiger partial charge in [0.1, 0.15) is 5.75 Å². The summed E-state index contributed by atoms with van der Waals surface area (Å²) in [6.45, 7) is 1.96. The second kappa shape index (κ2) is 6.88. The van der Waals surface area contributed by atoms with E-state index in [0.717, 1.165) is 40.7 Å². The molecule has 1 aliphatic carbocycles. The molecular weight excluding hydrogens is 328 g/mol. The molecule has 2 heterocycles. The predicted octanol–water partition coefficient (Wildman–Crippen LogP) is 3.27. The average molecular weight is 350 g/mol. The number of aromatic nitrogens is 3. The Morgan fingerprint density at radius 1 is 1.15 bits per heavy atom. The third-order valence-electron chi connectivity index (χ3n) is 5.11. The number of ether oxygens (including phenoxy) is 1. The topological polar surface area (TPSA) is 80.2 Å². The standard InChI is InChI=1S/C20H22N4O2/c1-12-17-5-3-4-6-18(17)20(24-23-12)22-19(13-7-15(25)8-13)14-9-16(26-2)11-21-10-14/h3-6,9-11,13,15,19,25H,7-8H2,1-2H3,(H,22,24)/t13?,15?,19-/m1/s1. The van der Waals surface area contributed by atoms with Gasteiger partial charge in [-0.1, -0.05) is 24.3 Å². The lowest BCUT2D eigenvalue weighted by Crippen LogP contribution is -2.36. The van der Waals surface area contributed by atoms with Crippen molar-refractivity contribution in [3.05, 3.63) is 54.0 Å². The first kappa shape index (κ1) is 16.7. The van der Waals surface area contributed by atoms with E-state index in [4.69, 9.17) is 4.74 Å². The van der Waals surface area contributed by atoms with Crippen LogP contribution in [-0.2, 0) is 0 Å². The molecule has 6 nitrogen and oxygen atoms in total. The zero-order valence-corrected chi connectivity index (χ0v) is 14.9. The maximum absolute atomic E-state index is 9.79. The first-order valence-electron chi connectivity index (χ1n) is 8.81. The molecule has 1 fully saturated rings. The summed E-state index contributed by atoms with van der Waals surface area (Å²) in [6.07, 6.45) is 4.81. The van der Waals surface area contributed by atoms with Crippen molar-refractivity contribution in [2.45, 2.75) is 31.9 Å². The molecule has 0 bridgehead atoms. The molecule has 0 amide bonds. The van der Waals surface area contributed by atoms with Gasteiger partial charge in [0.05, 0.1) is 31.1 Å². The molecule has 1 saturated carbocycles. The number of nitrogens with zero attached hydrogens (tertiary/aromatic N) is 3. The number of hydrogen-bond acceptors (Lipinski definition) is 6. The van der Waals surface area contributed by atoms with Crippen molar-refractivity contribution in [2.24, 2.45) is 5.92 Å². The van der Waals surface area contributed by atoms with E-state index in [2.05, 4.69) is 32.6 Å². The number of aryl methyl sites for hydroxylation is 1. The molecular formula is C20H22N4O2. The van der Waals surface area contributed by atoms with Crippen LogP contribution in [0.5, 0.6) is 5.75 Å². The number of methoxy groups -OCH3 is 1. The molecule has 26 heavy (non-hydrogen) atoms. The lowest BCUT2D eigenvalue weighted by molar-refractivity contribution is 0.0339. The summed E-state index contributed by atoms with van der Waals surface area (Å²) in [5, 5.41) is 24.2. The Morgan fingerprint density at radius 3 is 2.65 bits per heavy atom. The van der Waals surface area contributed by atoms with Gasteiger partial charge in [0, 0.05) is 17.0 Å². The van der Waals surface area contributed by atoms with Crippen molar-refractivity contribution in [1.82, 2.24) is 15.2 Å². The van der Waals surface area contributed by atoms with Gasteiger partial charge in [0.15, 0.2) is 5.82 Å². The number of nitrogens with one attached hydrogen (secondary N) is 1. The second-order valence-electron chi connectivity index (χ2n) is 6.85. The van der Waals surface area contributed by atoms with Crippen LogP contribution in [0, 0.1) is 12.8 Å². The summed E-state index contributed by atoms with van der Waals surface area (Å²) < 4.78 is 5.33. The van der Waals surface area contributed by atoms with Gasteiger partial charge in [-0.25, -0.2) is 0 Å². The van der Waals surface area contributed by atoms with E-state index in [0.29, 0.717) is 11.7 Å². The number of anilines is 1. The molecule has 0 saturated heterocycles. The normalized spacial score (nSPS) is 20.4. The van der Waals surface area contributed by atoms with E-state index >= 15 is 0 Å². The van der Waals surface area contributed by atoms with Crippen LogP contribution in [-0.4, -0.2) is 33.5 Å². The highest BCUT2D eigenvalue weighted by Gasteiger charge is 2.35. The van der Waals surface area contributed by atoms with Crippen LogP contribution in [0.2, 0.25) is 0 Å². The highest BCUT2D eigenvalue weighted by atomic mass is 16.5. The predicted molar refractivity (Wildman–Crippen MR) is 100 cm³/mol. The summed E-state index contributed by atoms with van der Waals surface area (Å²) in [7, 11) is 1.63. The quantitative estimate of drug-likeness (QED) is 0.735. The molecule has 1 aromatic carbocycles. The van der Waals surface area contributed by atoms with E-state index in [1.54, 1.807) is 13.3 Å². The fourth-order valence-corrected chi connectivity index (χ4v) is 3.58. The van der Waals surface area contributed by atoms with Gasteiger partial charge in [-0.3, -0.25) is 4.98 Å². The summed E-state index contributed by atoms with van der Waals surface area (Å²) in [5.41, 5.74) is 1.93. The van der Waals surface area contributed by atoms with Gasteiger partial charge in [-0.2, -0.15) is 5.10 Å². The zero-order valence-electron chi connectivity index (χ0n) is 14.9. The minimum Gasteiger partial charge on any atom is -0.495 e. The van der Waals surface area contributed by atoms with Gasteiger partial charge in [0.2, 0.25) is 0 Å². The summed E-state index contributed by atoms with van der Waals surface area (Å²) in [6, 6.07) is 10.1. The molecule has 2 aromatic heterocycles. The van der Waals surface area contributed by atoms with E-state index in [-0.39, 0.29) is 12.1 Å². The largest absolute Gasteiger partial charge is 0.495 e. The van der Waals surface area contributed by atoms with Crippen LogP contribution in [0.1, 0.15) is 30.1 Å². The van der Waals surface area contributed by atoms with Crippen molar-refractivity contribution in [2.75, 3.05) is 12.4 Å². The van der Waals surface area contributed by atoms with Crippen molar-refractivity contribution in [3.8, 4) is 5.75 Å². The molecule has 2 N–H and O–H groups in total. The van der Waals surface area contributed by atoms with Gasteiger partial charge >= 0.3 is 0 Å². The van der Waals surface area contributed by atoms with Crippen molar-refractivity contribution in [3.63, 3.8) is 0 Å². The van der Waals surface area contributed by atoms with Crippen LogP contribution in [0.25, 0.3) is 10.8 Å². The number of benzene rings is 1. The molecule has 1 atom stereocenters. The van der Waals surface area contributed by atoms with Crippen molar-refractivity contribution < 1.29 is 9.84 Å². The monoisotopic (exact) mass is 350 g/mol. The van der Waals surface area contributed by atoms with Crippen LogP contribution < -0.4 is 10.1 Å². The highest BCUT2D eigenvalue weighted by molar-refractivity contribution is 5.93. The third-order valence-corrected chi connectivity index (χ3v) is 5.11. The maximum atomic E-state index is 9.79. The number of pyridine rings is 1. The van der Waals surface area contributed by atoms with Crippen molar-refractivity contribution in [1.29, 1.82) is 0 Å². The van der Waals surface area contributed by atoms with E-state index in [1.807, 2.05) is 31.3 Å². The second-order valence-corrected chi connectivity index (χ2v) is 6.85. The Bertz CT molecular complexity index is 925. The molecule has 1 aliphatic rings. The maximum Gasteiger partial charge on any atom is 0.157 e. The van der Waals surface area contributed by atoms with Crippen LogP contribution in [0.15, 0.2) is 42.7 Å². The molecule has 3 aromatic rings. The molecule has 134 valence electrons. The molecule has 0 unspecified atom stereocenters. The first-order chi connectivity index (χ1) is 12.7. The highest BCUT2D eigenvalue weighted by Crippen LogP contribution is 2.41. The molecule has 0 aliphatic heterocycles. The van der Waals surface area contributed by atoms with E-state index in [9.17, 15) is 5.11 Å². The number of aliphatic hydroxyl groups is 1. The third kappa shape index (κ3) is 3.08. The van der Waals surface area contributed by atoms with Crippen LogP contribution >= 0.6 is 0 Å². The van der Waals surface area contributed by atoms with Gasteiger partial charge in [0.25, 0.3) is 0 Å². The Hall–Kier alpha value is -2.73. The molecule has 4 rings (SSSR count). The fourth-order valence-electron chi connectivity index (χ4n) is 3.58. The van der Waals surface area contributed by atoms with Crippen molar-refractivity contribution >= 4 is 16.6 Å². The number of fused-ring (bicyclic) bond motifs is 1. The van der Waals surface area contributed by atoms with Gasteiger partial charge in [-0.05, 0) is 37.3 Å². The lowest BCUT2D eigenvalue weighted by Gasteiger charge is -2.38. The molecule has 6 heteroatoms. The molecule has 0 radical (unpaired) electrons. The van der Waals surface area contributed by atoms with Crippen LogP contribution in [0.4, 0.5) is 5.82 Å². The van der Waals surface area contributed by atoms with E-state index < -0.39 is 0 Å². The zero-order chi connectivity index (χ0) is 18.1. The summed E-state index contributed by atoms with van der Waals surface area (Å²) in [4.78, 5) is 4.29. The minimum absolute atomic E-state index is 0.0126. The Labute approximate surface area is 152 Å². The molecule has 0 spiro atoms. The first-order valence-corrected chi connectivity index (χ1v) is 8.81.